The van der Waals surface area contributed by atoms with E-state index in [4.69, 9.17) is 39.9 Å². The lowest BCUT2D eigenvalue weighted by atomic mass is 10.1. The van der Waals surface area contributed by atoms with E-state index >= 15 is 0 Å². The van der Waals surface area contributed by atoms with Crippen molar-refractivity contribution >= 4 is 23.2 Å². The minimum Gasteiger partial charge on any atom is -0.338 e. The van der Waals surface area contributed by atoms with E-state index in [1.54, 1.807) is 18.2 Å². The third-order valence-corrected chi connectivity index (χ3v) is 3.24. The maximum atomic E-state index is 6.08. The van der Waals surface area contributed by atoms with Crippen LogP contribution in [0.25, 0.3) is 0 Å². The Morgan fingerprint density at radius 3 is 2.68 bits per heavy atom. The average Bonchev–Trinajstić information content (AvgIpc) is 2.83. The van der Waals surface area contributed by atoms with E-state index in [9.17, 15) is 0 Å². The molecule has 0 aliphatic rings. The molecule has 0 amide bonds. The fourth-order valence-corrected chi connectivity index (χ4v) is 2.09. The first-order valence-corrected chi connectivity index (χ1v) is 6.32. The van der Waals surface area contributed by atoms with Crippen LogP contribution in [-0.2, 0) is 6.42 Å². The Morgan fingerprint density at radius 1 is 1.37 bits per heavy atom. The van der Waals surface area contributed by atoms with Crippen molar-refractivity contribution in [2.24, 2.45) is 5.73 Å². The number of halogens is 2. The van der Waals surface area contributed by atoms with Gasteiger partial charge in [-0.25, -0.2) is 0 Å². The van der Waals surface area contributed by atoms with Crippen LogP contribution in [0, 0.1) is 12.3 Å². The predicted octanol–water partition coefficient (Wildman–Crippen LogP) is 2.99. The van der Waals surface area contributed by atoms with Gasteiger partial charge in [0.25, 0.3) is 0 Å². The molecule has 0 aliphatic heterocycles. The van der Waals surface area contributed by atoms with Gasteiger partial charge in [-0.2, -0.15) is 4.98 Å². The van der Waals surface area contributed by atoms with Crippen LogP contribution < -0.4 is 5.73 Å². The highest BCUT2D eigenvalue weighted by Crippen LogP contribution is 2.26. The average molecular weight is 296 g/mol. The fourth-order valence-electron chi connectivity index (χ4n) is 1.56. The summed E-state index contributed by atoms with van der Waals surface area (Å²) in [5, 5.41) is 4.97. The highest BCUT2D eigenvalue weighted by atomic mass is 35.5. The smallest absolute Gasteiger partial charge is 0.244 e. The molecule has 6 heteroatoms. The molecule has 19 heavy (non-hydrogen) atoms. The molecule has 0 saturated heterocycles. The van der Waals surface area contributed by atoms with Crippen LogP contribution in [-0.4, -0.2) is 10.1 Å². The highest BCUT2D eigenvalue weighted by molar-refractivity contribution is 6.36. The predicted molar refractivity (Wildman–Crippen MR) is 73.9 cm³/mol. The molecule has 2 aromatic rings. The Kier molecular flexibility index (Phi) is 4.43. The van der Waals surface area contributed by atoms with Crippen molar-refractivity contribution in [3.8, 4) is 12.3 Å². The molecule has 4 nitrogen and oxygen atoms in total. The first kappa shape index (κ1) is 13.9. The fraction of sp³-hybridized carbons (Fsp3) is 0.231. The quantitative estimate of drug-likeness (QED) is 0.881. The van der Waals surface area contributed by atoms with Gasteiger partial charge in [-0.05, 0) is 17.7 Å². The first-order chi connectivity index (χ1) is 9.11. The zero-order valence-electron chi connectivity index (χ0n) is 9.94. The number of hydrogen-bond acceptors (Lipinski definition) is 4. The van der Waals surface area contributed by atoms with Crippen molar-refractivity contribution in [3.05, 3.63) is 45.5 Å². The van der Waals surface area contributed by atoms with Crippen LogP contribution in [0.3, 0.4) is 0 Å². The van der Waals surface area contributed by atoms with Crippen molar-refractivity contribution in [3.63, 3.8) is 0 Å². The second-order valence-electron chi connectivity index (χ2n) is 3.94. The summed E-state index contributed by atoms with van der Waals surface area (Å²) in [6, 6.07) is 4.84. The molecule has 0 spiro atoms. The number of rotatable bonds is 4. The van der Waals surface area contributed by atoms with E-state index in [0.29, 0.717) is 34.6 Å². The van der Waals surface area contributed by atoms with Crippen molar-refractivity contribution in [2.45, 2.75) is 18.9 Å². The van der Waals surface area contributed by atoms with Crippen LogP contribution in [0.5, 0.6) is 0 Å². The number of benzene rings is 1. The van der Waals surface area contributed by atoms with E-state index in [1.807, 2.05) is 0 Å². The minimum atomic E-state index is -0.451. The molecular weight excluding hydrogens is 285 g/mol. The topological polar surface area (TPSA) is 64.9 Å². The van der Waals surface area contributed by atoms with Crippen LogP contribution in [0.15, 0.2) is 22.7 Å². The molecular formula is C13H11Cl2N3O. The van der Waals surface area contributed by atoms with Gasteiger partial charge < -0.3 is 10.3 Å². The summed E-state index contributed by atoms with van der Waals surface area (Å²) in [5.74, 6) is 3.23. The molecule has 1 aromatic heterocycles. The summed E-state index contributed by atoms with van der Waals surface area (Å²) in [6.45, 7) is 0. The van der Waals surface area contributed by atoms with Crippen molar-refractivity contribution in [1.82, 2.24) is 10.1 Å². The number of nitrogens with zero attached hydrogens (tertiary/aromatic N) is 2. The lowest BCUT2D eigenvalue weighted by Crippen LogP contribution is -2.09. The van der Waals surface area contributed by atoms with Gasteiger partial charge in [-0.3, -0.25) is 0 Å². The molecule has 0 aliphatic carbocycles. The summed E-state index contributed by atoms with van der Waals surface area (Å²) in [5.41, 5.74) is 6.53. The summed E-state index contributed by atoms with van der Waals surface area (Å²) < 4.78 is 5.06. The normalized spacial score (nSPS) is 12.1. The molecule has 0 fully saturated rings. The van der Waals surface area contributed by atoms with Gasteiger partial charge in [0.1, 0.15) is 0 Å². The summed E-state index contributed by atoms with van der Waals surface area (Å²) in [4.78, 5) is 4.19. The Bertz CT molecular complexity index is 598. The lowest BCUT2D eigenvalue weighted by Gasteiger charge is -2.03. The molecule has 1 atom stereocenters. The maximum absolute atomic E-state index is 6.08. The lowest BCUT2D eigenvalue weighted by molar-refractivity contribution is 0.353. The highest BCUT2D eigenvalue weighted by Gasteiger charge is 2.15. The van der Waals surface area contributed by atoms with Crippen LogP contribution in [0.4, 0.5) is 0 Å². The van der Waals surface area contributed by atoms with Gasteiger partial charge in [0, 0.05) is 22.9 Å². The first-order valence-electron chi connectivity index (χ1n) is 5.56. The maximum Gasteiger partial charge on any atom is 0.244 e. The number of terminal acetylenes is 1. The number of hydrogen-bond donors (Lipinski definition) is 1. The zero-order valence-corrected chi connectivity index (χ0v) is 11.4. The van der Waals surface area contributed by atoms with Crippen molar-refractivity contribution < 1.29 is 4.52 Å². The summed E-state index contributed by atoms with van der Waals surface area (Å²) in [6.07, 6.45) is 5.90. The molecule has 2 N–H and O–H groups in total. The van der Waals surface area contributed by atoms with E-state index in [-0.39, 0.29) is 0 Å². The molecule has 0 radical (unpaired) electrons. The Labute approximate surface area is 120 Å². The monoisotopic (exact) mass is 295 g/mol. The molecule has 1 unspecified atom stereocenters. The van der Waals surface area contributed by atoms with E-state index < -0.39 is 6.04 Å². The van der Waals surface area contributed by atoms with Crippen LogP contribution >= 0.6 is 23.2 Å². The van der Waals surface area contributed by atoms with Gasteiger partial charge >= 0.3 is 0 Å². The zero-order chi connectivity index (χ0) is 13.8. The third-order valence-electron chi connectivity index (χ3n) is 2.54. The number of nitrogens with two attached hydrogens (primary N) is 1. The van der Waals surface area contributed by atoms with Gasteiger partial charge in [0.15, 0.2) is 5.82 Å². The van der Waals surface area contributed by atoms with Crippen molar-refractivity contribution in [1.29, 1.82) is 0 Å². The van der Waals surface area contributed by atoms with Gasteiger partial charge in [-0.15, -0.1) is 12.3 Å². The Hall–Kier alpha value is -1.54. The van der Waals surface area contributed by atoms with Crippen molar-refractivity contribution in [2.75, 3.05) is 0 Å². The Morgan fingerprint density at radius 2 is 2.05 bits per heavy atom. The SMILES string of the molecule is C#CCC(N)c1nc(Cc2c(Cl)cccc2Cl)no1. The second-order valence-corrected chi connectivity index (χ2v) is 4.75. The standard InChI is InChI=1S/C13H11Cl2N3O/c1-2-4-11(16)13-17-12(18-19-13)7-8-9(14)5-3-6-10(8)15/h1,3,5-6,11H,4,7,16H2. The Balaban J connectivity index is 2.19. The van der Waals surface area contributed by atoms with E-state index in [2.05, 4.69) is 16.1 Å². The van der Waals surface area contributed by atoms with Crippen LogP contribution in [0.1, 0.15) is 29.7 Å². The van der Waals surface area contributed by atoms with Gasteiger partial charge in [-0.1, -0.05) is 34.4 Å². The molecule has 2 rings (SSSR count). The molecule has 98 valence electrons. The molecule has 0 bridgehead atoms. The van der Waals surface area contributed by atoms with Gasteiger partial charge in [0.2, 0.25) is 5.89 Å². The largest absolute Gasteiger partial charge is 0.338 e. The third kappa shape index (κ3) is 3.27. The summed E-state index contributed by atoms with van der Waals surface area (Å²) in [7, 11) is 0. The molecule has 1 heterocycles. The van der Waals surface area contributed by atoms with E-state index in [1.165, 1.54) is 0 Å². The minimum absolute atomic E-state index is 0.316. The summed E-state index contributed by atoms with van der Waals surface area (Å²) >= 11 is 12.2. The molecule has 1 aromatic carbocycles. The van der Waals surface area contributed by atoms with E-state index in [0.717, 1.165) is 5.56 Å². The number of aromatic nitrogens is 2. The molecule has 0 saturated carbocycles. The second kappa shape index (κ2) is 6.07. The van der Waals surface area contributed by atoms with Crippen LogP contribution in [0.2, 0.25) is 10.0 Å². The van der Waals surface area contributed by atoms with Gasteiger partial charge in [0.05, 0.1) is 6.04 Å².